The minimum atomic E-state index is -0.318. The molecule has 0 aliphatic heterocycles. The molecule has 3 rings (SSSR count). The molecule has 35 heavy (non-hydrogen) atoms. The smallest absolute Gasteiger partial charge is 0.257 e. The van der Waals surface area contributed by atoms with Gasteiger partial charge in [-0.1, -0.05) is 26.5 Å². The summed E-state index contributed by atoms with van der Waals surface area (Å²) in [5.41, 5.74) is 3.02. The van der Waals surface area contributed by atoms with Crippen molar-refractivity contribution in [2.45, 2.75) is 33.2 Å². The lowest BCUT2D eigenvalue weighted by molar-refractivity contribution is 0.0908. The number of pyridine rings is 1. The van der Waals surface area contributed by atoms with Gasteiger partial charge < -0.3 is 30.2 Å². The highest BCUT2D eigenvalue weighted by atomic mass is 16.5. The average Bonchev–Trinajstić information content (AvgIpc) is 2.83. The van der Waals surface area contributed by atoms with Crippen molar-refractivity contribution in [3.63, 3.8) is 0 Å². The molecule has 186 valence electrons. The fraction of sp³-hybridized carbons (Fsp3) is 0.333. The number of methoxy groups -OCH3 is 2. The minimum absolute atomic E-state index is 0.126. The van der Waals surface area contributed by atoms with E-state index in [1.54, 1.807) is 37.4 Å². The summed E-state index contributed by atoms with van der Waals surface area (Å²) in [6.07, 6.45) is 0.678. The van der Waals surface area contributed by atoms with Crippen molar-refractivity contribution in [2.75, 3.05) is 26.1 Å². The van der Waals surface area contributed by atoms with Crippen LogP contribution < -0.4 is 25.7 Å². The van der Waals surface area contributed by atoms with E-state index in [-0.39, 0.29) is 24.1 Å². The number of carbonyl (C=O) groups excluding carboxylic acids is 1. The molecule has 0 aliphatic carbocycles. The molecular weight excluding hydrogens is 446 g/mol. The van der Waals surface area contributed by atoms with Crippen molar-refractivity contribution in [2.24, 2.45) is 5.92 Å². The number of H-pyrrole nitrogens is 1. The third-order valence-corrected chi connectivity index (χ3v) is 5.77. The first-order valence-corrected chi connectivity index (χ1v) is 11.4. The number of hydrogen-bond acceptors (Lipinski definition) is 6. The Hall–Kier alpha value is -3.78. The van der Waals surface area contributed by atoms with Crippen molar-refractivity contribution >= 4 is 28.2 Å². The molecule has 8 heteroatoms. The Morgan fingerprint density at radius 3 is 2.43 bits per heavy atom. The lowest BCUT2D eigenvalue weighted by atomic mass is 10.0. The van der Waals surface area contributed by atoms with Crippen LogP contribution in [0.1, 0.15) is 41.8 Å². The third-order valence-electron chi connectivity index (χ3n) is 5.77. The number of aliphatic hydroxyl groups is 1. The van der Waals surface area contributed by atoms with Crippen LogP contribution in [0.2, 0.25) is 0 Å². The third kappa shape index (κ3) is 6.02. The quantitative estimate of drug-likeness (QED) is 0.349. The van der Waals surface area contributed by atoms with Crippen molar-refractivity contribution in [1.29, 1.82) is 0 Å². The number of benzene rings is 2. The van der Waals surface area contributed by atoms with Gasteiger partial charge in [-0.2, -0.15) is 0 Å². The monoisotopic (exact) mass is 479 g/mol. The summed E-state index contributed by atoms with van der Waals surface area (Å²) in [4.78, 5) is 28.4. The van der Waals surface area contributed by atoms with Gasteiger partial charge in [0.05, 0.1) is 37.9 Å². The van der Waals surface area contributed by atoms with E-state index in [0.717, 1.165) is 10.9 Å². The Morgan fingerprint density at radius 1 is 1.11 bits per heavy atom. The first-order valence-electron chi connectivity index (χ1n) is 11.4. The number of anilines is 1. The molecule has 1 aromatic heterocycles. The zero-order valence-electron chi connectivity index (χ0n) is 20.8. The summed E-state index contributed by atoms with van der Waals surface area (Å²) in [6.45, 7) is 9.90. The van der Waals surface area contributed by atoms with E-state index < -0.39 is 0 Å². The van der Waals surface area contributed by atoms with Gasteiger partial charge in [0, 0.05) is 28.4 Å². The molecule has 0 bridgehead atoms. The highest BCUT2D eigenvalue weighted by molar-refractivity contribution is 5.96. The van der Waals surface area contributed by atoms with Gasteiger partial charge in [-0.3, -0.25) is 9.59 Å². The number of aryl methyl sites for hydroxylation is 1. The van der Waals surface area contributed by atoms with Crippen molar-refractivity contribution < 1.29 is 19.4 Å². The molecule has 1 amide bonds. The van der Waals surface area contributed by atoms with E-state index in [4.69, 9.17) is 9.47 Å². The van der Waals surface area contributed by atoms with Crippen molar-refractivity contribution in [1.82, 2.24) is 10.3 Å². The fourth-order valence-corrected chi connectivity index (χ4v) is 3.90. The predicted octanol–water partition coefficient (Wildman–Crippen LogP) is 4.07. The molecule has 0 fully saturated rings. The molecule has 3 aromatic rings. The molecule has 1 heterocycles. The van der Waals surface area contributed by atoms with Gasteiger partial charge in [-0.25, -0.2) is 0 Å². The summed E-state index contributed by atoms with van der Waals surface area (Å²) >= 11 is 0. The number of hydrogen-bond donors (Lipinski definition) is 4. The van der Waals surface area contributed by atoms with Crippen LogP contribution in [0, 0.1) is 12.8 Å². The van der Waals surface area contributed by atoms with Gasteiger partial charge in [-0.05, 0) is 49.1 Å². The number of fused-ring (bicyclic) bond motifs is 1. The first kappa shape index (κ1) is 25.8. The molecular formula is C27H33N3O5. The normalized spacial score (nSPS) is 11.9. The maximum atomic E-state index is 12.8. The van der Waals surface area contributed by atoms with E-state index in [9.17, 15) is 14.7 Å². The average molecular weight is 480 g/mol. The molecule has 0 radical (unpaired) electrons. The maximum absolute atomic E-state index is 12.8. The molecule has 0 aliphatic rings. The summed E-state index contributed by atoms with van der Waals surface area (Å²) in [6, 6.07) is 10.2. The van der Waals surface area contributed by atoms with Crippen molar-refractivity contribution in [3.05, 3.63) is 70.0 Å². The predicted molar refractivity (Wildman–Crippen MR) is 139 cm³/mol. The van der Waals surface area contributed by atoms with Gasteiger partial charge in [0.1, 0.15) is 0 Å². The van der Waals surface area contributed by atoms with Gasteiger partial charge >= 0.3 is 0 Å². The Morgan fingerprint density at radius 2 is 1.80 bits per heavy atom. The second-order valence-corrected chi connectivity index (χ2v) is 8.92. The zero-order valence-corrected chi connectivity index (χ0v) is 20.8. The first-order chi connectivity index (χ1) is 16.7. The van der Waals surface area contributed by atoms with E-state index in [0.29, 0.717) is 51.9 Å². The number of ether oxygens (including phenoxy) is 2. The zero-order chi connectivity index (χ0) is 25.7. The highest BCUT2D eigenvalue weighted by Crippen LogP contribution is 2.31. The number of aromatic amines is 1. The van der Waals surface area contributed by atoms with Gasteiger partial charge in [0.25, 0.3) is 11.5 Å². The molecule has 8 nitrogen and oxygen atoms in total. The van der Waals surface area contributed by atoms with Crippen molar-refractivity contribution in [3.8, 4) is 11.5 Å². The SMILES string of the molecule is C=C(Nc1cc(C(=O)N[C@@H](CO)CC(C)C)ccc1C)c1cc2cc(OC)c(OC)cc2[nH]c1=O. The molecule has 0 spiro atoms. The van der Waals surface area contributed by atoms with Crippen LogP contribution in [0.3, 0.4) is 0 Å². The summed E-state index contributed by atoms with van der Waals surface area (Å²) in [7, 11) is 3.08. The molecule has 4 N–H and O–H groups in total. The van der Waals surface area contributed by atoms with E-state index >= 15 is 0 Å². The second-order valence-electron chi connectivity index (χ2n) is 8.92. The Balaban J connectivity index is 1.87. The maximum Gasteiger partial charge on any atom is 0.257 e. The number of aromatic nitrogens is 1. The van der Waals surface area contributed by atoms with Crippen LogP contribution >= 0.6 is 0 Å². The topological polar surface area (TPSA) is 113 Å². The second kappa shape index (κ2) is 11.1. The summed E-state index contributed by atoms with van der Waals surface area (Å²) in [5, 5.41) is 16.4. The van der Waals surface area contributed by atoms with Crippen LogP contribution in [-0.2, 0) is 0 Å². The molecule has 2 aromatic carbocycles. The van der Waals surface area contributed by atoms with Crippen LogP contribution in [0.25, 0.3) is 16.6 Å². The molecule has 0 unspecified atom stereocenters. The van der Waals surface area contributed by atoms with E-state index in [1.165, 1.54) is 7.11 Å². The van der Waals surface area contributed by atoms with E-state index in [1.807, 2.05) is 26.8 Å². The number of amides is 1. The number of aliphatic hydroxyl groups excluding tert-OH is 1. The molecule has 0 saturated heterocycles. The Labute approximate surface area is 205 Å². The number of nitrogens with one attached hydrogen (secondary N) is 3. The Bertz CT molecular complexity index is 1300. The van der Waals surface area contributed by atoms with Crippen LogP contribution in [0.15, 0.2) is 47.8 Å². The lowest BCUT2D eigenvalue weighted by Crippen LogP contribution is -2.38. The largest absolute Gasteiger partial charge is 0.493 e. The van der Waals surface area contributed by atoms with Crippen LogP contribution in [-0.4, -0.2) is 42.9 Å². The highest BCUT2D eigenvalue weighted by Gasteiger charge is 2.16. The standard InChI is InChI=1S/C27H33N3O5/c1-15(2)9-20(14-31)29-26(32)18-8-7-16(3)22(11-18)28-17(4)21-10-19-12-24(34-5)25(35-6)13-23(19)30-27(21)33/h7-8,10-13,15,20,28,31H,4,9,14H2,1-3,5-6H3,(H,29,32)(H,30,33)/t20-/m1/s1. The van der Waals surface area contributed by atoms with E-state index in [2.05, 4.69) is 22.2 Å². The lowest BCUT2D eigenvalue weighted by Gasteiger charge is -2.19. The Kier molecular flexibility index (Phi) is 8.19. The minimum Gasteiger partial charge on any atom is -0.493 e. The number of carbonyl (C=O) groups is 1. The van der Waals surface area contributed by atoms with Crippen LogP contribution in [0.5, 0.6) is 11.5 Å². The van der Waals surface area contributed by atoms with Gasteiger partial charge in [-0.15, -0.1) is 0 Å². The molecule has 1 atom stereocenters. The summed E-state index contributed by atoms with van der Waals surface area (Å²) < 4.78 is 10.7. The molecule has 0 saturated carbocycles. The summed E-state index contributed by atoms with van der Waals surface area (Å²) in [5.74, 6) is 1.13. The van der Waals surface area contributed by atoms with Crippen LogP contribution in [0.4, 0.5) is 5.69 Å². The van der Waals surface area contributed by atoms with Gasteiger partial charge in [0.15, 0.2) is 11.5 Å². The van der Waals surface area contributed by atoms with Gasteiger partial charge in [0.2, 0.25) is 0 Å². The number of rotatable bonds is 10. The fourth-order valence-electron chi connectivity index (χ4n) is 3.90.